The summed E-state index contributed by atoms with van der Waals surface area (Å²) in [6.07, 6.45) is 5.60. The summed E-state index contributed by atoms with van der Waals surface area (Å²) >= 11 is 0. The molecule has 1 heterocycles. The summed E-state index contributed by atoms with van der Waals surface area (Å²) in [7, 11) is -3.56. The standard InChI is InChI=1S/C16H16N2O3S/c1-11-15(12-7-9-14(10-8-12)22(17,19)20)16(18-21-11)13-5-3-2-4-6-13/h2-9,14H,10H2,1H3,(H2,17,19,20). The van der Waals surface area contributed by atoms with E-state index in [-0.39, 0.29) is 0 Å². The van der Waals surface area contributed by atoms with Gasteiger partial charge in [-0.1, -0.05) is 53.7 Å². The van der Waals surface area contributed by atoms with Crippen LogP contribution >= 0.6 is 0 Å². The topological polar surface area (TPSA) is 86.2 Å². The molecule has 2 N–H and O–H groups in total. The van der Waals surface area contributed by atoms with Gasteiger partial charge in [-0.25, -0.2) is 13.6 Å². The number of allylic oxidation sites excluding steroid dienone is 3. The molecule has 6 heteroatoms. The summed E-state index contributed by atoms with van der Waals surface area (Å²) in [5.41, 5.74) is 3.49. The first-order valence-electron chi connectivity index (χ1n) is 6.89. The molecule has 0 saturated carbocycles. The van der Waals surface area contributed by atoms with Crippen LogP contribution in [-0.2, 0) is 10.0 Å². The van der Waals surface area contributed by atoms with Crippen LogP contribution in [0.4, 0.5) is 0 Å². The van der Waals surface area contributed by atoms with Gasteiger partial charge in [-0.2, -0.15) is 0 Å². The van der Waals surface area contributed by atoms with Crippen molar-refractivity contribution in [1.82, 2.24) is 5.16 Å². The van der Waals surface area contributed by atoms with E-state index in [1.165, 1.54) is 0 Å². The van der Waals surface area contributed by atoms with Crippen LogP contribution in [0.2, 0.25) is 0 Å². The lowest BCUT2D eigenvalue weighted by Crippen LogP contribution is -2.27. The van der Waals surface area contributed by atoms with Crippen molar-refractivity contribution in [2.75, 3.05) is 0 Å². The van der Waals surface area contributed by atoms with Crippen molar-refractivity contribution in [2.24, 2.45) is 5.14 Å². The number of benzene rings is 1. The molecule has 0 aliphatic heterocycles. The first kappa shape index (κ1) is 14.7. The Bertz CT molecular complexity index is 849. The van der Waals surface area contributed by atoms with Crippen molar-refractivity contribution in [3.63, 3.8) is 0 Å². The quantitative estimate of drug-likeness (QED) is 0.943. The van der Waals surface area contributed by atoms with E-state index in [9.17, 15) is 8.42 Å². The molecule has 3 rings (SSSR count). The number of hydrogen-bond acceptors (Lipinski definition) is 4. The molecule has 0 radical (unpaired) electrons. The molecule has 1 unspecified atom stereocenters. The summed E-state index contributed by atoms with van der Waals surface area (Å²) in [5, 5.41) is 8.65. The average molecular weight is 316 g/mol. The molecule has 22 heavy (non-hydrogen) atoms. The maximum atomic E-state index is 11.4. The molecule has 1 atom stereocenters. The van der Waals surface area contributed by atoms with Crippen LogP contribution in [-0.4, -0.2) is 18.8 Å². The largest absolute Gasteiger partial charge is 0.360 e. The van der Waals surface area contributed by atoms with Gasteiger partial charge < -0.3 is 4.52 Å². The van der Waals surface area contributed by atoms with Crippen molar-refractivity contribution in [2.45, 2.75) is 18.6 Å². The Morgan fingerprint density at radius 3 is 2.59 bits per heavy atom. The first-order valence-corrected chi connectivity index (χ1v) is 8.50. The van der Waals surface area contributed by atoms with E-state index in [2.05, 4.69) is 5.16 Å². The number of nitrogens with two attached hydrogens (primary N) is 1. The molecule has 0 spiro atoms. The fraction of sp³-hybridized carbons (Fsp3) is 0.188. The number of sulfonamides is 1. The van der Waals surface area contributed by atoms with Gasteiger partial charge in [0.15, 0.2) is 0 Å². The van der Waals surface area contributed by atoms with Crippen molar-refractivity contribution in [3.8, 4) is 11.3 Å². The number of aryl methyl sites for hydroxylation is 1. The molecule has 1 aromatic heterocycles. The third-order valence-corrected chi connectivity index (χ3v) is 4.87. The molecule has 5 nitrogen and oxygen atoms in total. The zero-order chi connectivity index (χ0) is 15.7. The molecule has 1 aromatic carbocycles. The Morgan fingerprint density at radius 1 is 1.27 bits per heavy atom. The number of primary sulfonamides is 1. The molecule has 114 valence electrons. The molecule has 2 aromatic rings. The normalized spacial score (nSPS) is 18.3. The monoisotopic (exact) mass is 316 g/mol. The van der Waals surface area contributed by atoms with E-state index in [1.54, 1.807) is 12.2 Å². The van der Waals surface area contributed by atoms with Gasteiger partial charge in [-0.05, 0) is 18.9 Å². The summed E-state index contributed by atoms with van der Waals surface area (Å²) in [6, 6.07) is 9.73. The lowest BCUT2D eigenvalue weighted by Gasteiger charge is -2.14. The van der Waals surface area contributed by atoms with Crippen LogP contribution < -0.4 is 5.14 Å². The van der Waals surface area contributed by atoms with E-state index in [0.717, 1.165) is 22.4 Å². The lowest BCUT2D eigenvalue weighted by atomic mass is 9.95. The Morgan fingerprint density at radius 2 is 2.00 bits per heavy atom. The van der Waals surface area contributed by atoms with Gasteiger partial charge in [-0.3, -0.25) is 0 Å². The van der Waals surface area contributed by atoms with Gasteiger partial charge >= 0.3 is 0 Å². The van der Waals surface area contributed by atoms with Crippen molar-refractivity contribution < 1.29 is 12.9 Å². The second-order valence-electron chi connectivity index (χ2n) is 5.21. The summed E-state index contributed by atoms with van der Waals surface area (Å²) < 4.78 is 28.1. The van der Waals surface area contributed by atoms with Crippen LogP contribution in [0.15, 0.2) is 53.1 Å². The van der Waals surface area contributed by atoms with Gasteiger partial charge in [0.1, 0.15) is 11.5 Å². The maximum absolute atomic E-state index is 11.4. The Labute approximate surface area is 129 Å². The fourth-order valence-corrected chi connectivity index (χ4v) is 3.20. The SMILES string of the molecule is Cc1onc(-c2ccccc2)c1C1=CCC(S(N)(=O)=O)C=C1. The third-order valence-electron chi connectivity index (χ3n) is 3.68. The van der Waals surface area contributed by atoms with Gasteiger partial charge in [0.05, 0.1) is 10.8 Å². The molecular weight excluding hydrogens is 300 g/mol. The maximum Gasteiger partial charge on any atom is 0.215 e. The highest BCUT2D eigenvalue weighted by molar-refractivity contribution is 7.89. The first-order chi connectivity index (χ1) is 10.5. The van der Waals surface area contributed by atoms with E-state index in [4.69, 9.17) is 9.66 Å². The molecule has 1 aliphatic rings. The Balaban J connectivity index is 2.00. The average Bonchev–Trinajstić information content (AvgIpc) is 2.89. The predicted molar refractivity (Wildman–Crippen MR) is 85.3 cm³/mol. The smallest absolute Gasteiger partial charge is 0.215 e. The molecule has 0 bridgehead atoms. The zero-order valence-corrected chi connectivity index (χ0v) is 12.9. The minimum absolute atomic E-state index is 0.351. The van der Waals surface area contributed by atoms with Crippen LogP contribution in [0.25, 0.3) is 16.8 Å². The van der Waals surface area contributed by atoms with Gasteiger partial charge in [-0.15, -0.1) is 0 Å². The number of rotatable bonds is 3. The lowest BCUT2D eigenvalue weighted by molar-refractivity contribution is 0.399. The highest BCUT2D eigenvalue weighted by atomic mass is 32.2. The van der Waals surface area contributed by atoms with Crippen molar-refractivity contribution in [1.29, 1.82) is 0 Å². The molecule has 0 saturated heterocycles. The predicted octanol–water partition coefficient (Wildman–Crippen LogP) is 2.65. The van der Waals surface area contributed by atoms with Gasteiger partial charge in [0.2, 0.25) is 10.0 Å². The van der Waals surface area contributed by atoms with Crippen LogP contribution in [0, 0.1) is 6.92 Å². The molecular formula is C16H16N2O3S. The summed E-state index contributed by atoms with van der Waals surface area (Å²) in [5.74, 6) is 0.698. The van der Waals surface area contributed by atoms with Crippen molar-refractivity contribution >= 4 is 15.6 Å². The second kappa shape index (κ2) is 5.55. The van der Waals surface area contributed by atoms with Crippen LogP contribution in [0.5, 0.6) is 0 Å². The minimum atomic E-state index is -3.56. The third kappa shape index (κ3) is 2.75. The van der Waals surface area contributed by atoms with Crippen molar-refractivity contribution in [3.05, 3.63) is 59.9 Å². The van der Waals surface area contributed by atoms with E-state index in [0.29, 0.717) is 12.2 Å². The second-order valence-corrected chi connectivity index (χ2v) is 6.99. The summed E-state index contributed by atoms with van der Waals surface area (Å²) in [6.45, 7) is 1.84. The summed E-state index contributed by atoms with van der Waals surface area (Å²) in [4.78, 5) is 0. The van der Waals surface area contributed by atoms with E-state index < -0.39 is 15.3 Å². The molecule has 0 amide bonds. The van der Waals surface area contributed by atoms with E-state index in [1.807, 2.05) is 43.3 Å². The van der Waals surface area contributed by atoms with Gasteiger partial charge in [0, 0.05) is 5.56 Å². The number of nitrogens with zero attached hydrogens (tertiary/aromatic N) is 1. The Kier molecular flexibility index (Phi) is 3.72. The molecule has 0 fully saturated rings. The van der Waals surface area contributed by atoms with Crippen LogP contribution in [0.3, 0.4) is 0 Å². The number of hydrogen-bond donors (Lipinski definition) is 1. The highest BCUT2D eigenvalue weighted by Crippen LogP contribution is 2.33. The van der Waals surface area contributed by atoms with Gasteiger partial charge in [0.25, 0.3) is 0 Å². The fourth-order valence-electron chi connectivity index (χ4n) is 2.53. The Hall–Kier alpha value is -2.18. The van der Waals surface area contributed by atoms with Crippen LogP contribution in [0.1, 0.15) is 17.7 Å². The highest BCUT2D eigenvalue weighted by Gasteiger charge is 2.23. The van der Waals surface area contributed by atoms with E-state index >= 15 is 0 Å². The molecule has 1 aliphatic carbocycles. The number of aromatic nitrogens is 1. The zero-order valence-electron chi connectivity index (χ0n) is 12.1. The minimum Gasteiger partial charge on any atom is -0.360 e.